The molecule has 4 heteroatoms. The van der Waals surface area contributed by atoms with Crippen molar-refractivity contribution in [3.05, 3.63) is 42.0 Å². The van der Waals surface area contributed by atoms with Crippen molar-refractivity contribution in [3.63, 3.8) is 0 Å². The normalized spacial score (nSPS) is 10.4. The standard InChI is InChI=1S/C10H8FNO2/c11-8-3-1-2-7(4-8)10-12-5-9(6-13)14-10/h1-5,13H,6H2. The van der Waals surface area contributed by atoms with Gasteiger partial charge in [0.05, 0.1) is 6.20 Å². The fourth-order valence-corrected chi connectivity index (χ4v) is 1.14. The van der Waals surface area contributed by atoms with E-state index in [-0.39, 0.29) is 12.4 Å². The second-order valence-corrected chi connectivity index (χ2v) is 2.80. The molecule has 0 aliphatic rings. The lowest BCUT2D eigenvalue weighted by Crippen LogP contribution is -1.78. The Kier molecular flexibility index (Phi) is 2.28. The highest BCUT2D eigenvalue weighted by molar-refractivity contribution is 5.52. The maximum Gasteiger partial charge on any atom is 0.226 e. The third-order valence-electron chi connectivity index (χ3n) is 1.78. The number of nitrogens with zero attached hydrogens (tertiary/aromatic N) is 1. The molecule has 1 aromatic heterocycles. The van der Waals surface area contributed by atoms with Gasteiger partial charge in [-0.1, -0.05) is 6.07 Å². The zero-order chi connectivity index (χ0) is 9.97. The van der Waals surface area contributed by atoms with Crippen molar-refractivity contribution in [2.75, 3.05) is 0 Å². The summed E-state index contributed by atoms with van der Waals surface area (Å²) in [5.41, 5.74) is 0.560. The molecule has 0 amide bonds. The summed E-state index contributed by atoms with van der Waals surface area (Å²) in [6, 6.07) is 5.94. The number of hydrogen-bond acceptors (Lipinski definition) is 3. The second-order valence-electron chi connectivity index (χ2n) is 2.80. The summed E-state index contributed by atoms with van der Waals surface area (Å²) in [4.78, 5) is 3.91. The topological polar surface area (TPSA) is 46.3 Å². The maximum absolute atomic E-state index is 12.8. The molecule has 0 fully saturated rings. The first kappa shape index (κ1) is 8.90. The van der Waals surface area contributed by atoms with Gasteiger partial charge in [-0.05, 0) is 18.2 Å². The molecule has 0 unspecified atom stereocenters. The van der Waals surface area contributed by atoms with Crippen LogP contribution in [0.2, 0.25) is 0 Å². The van der Waals surface area contributed by atoms with E-state index in [4.69, 9.17) is 9.52 Å². The first-order valence-corrected chi connectivity index (χ1v) is 4.11. The van der Waals surface area contributed by atoms with Crippen LogP contribution in [0, 0.1) is 5.82 Å². The van der Waals surface area contributed by atoms with Crippen LogP contribution in [0.1, 0.15) is 5.76 Å². The highest BCUT2D eigenvalue weighted by Gasteiger charge is 2.06. The lowest BCUT2D eigenvalue weighted by atomic mass is 10.2. The number of aromatic nitrogens is 1. The van der Waals surface area contributed by atoms with E-state index in [0.29, 0.717) is 17.2 Å². The van der Waals surface area contributed by atoms with Gasteiger partial charge >= 0.3 is 0 Å². The van der Waals surface area contributed by atoms with Gasteiger partial charge in [0.1, 0.15) is 18.2 Å². The molecular formula is C10H8FNO2. The van der Waals surface area contributed by atoms with Crippen LogP contribution in [0.15, 0.2) is 34.9 Å². The number of aliphatic hydroxyl groups excluding tert-OH is 1. The predicted molar refractivity (Wildman–Crippen MR) is 47.8 cm³/mol. The minimum absolute atomic E-state index is 0.206. The van der Waals surface area contributed by atoms with Crippen LogP contribution >= 0.6 is 0 Å². The summed E-state index contributed by atoms with van der Waals surface area (Å²) in [6.07, 6.45) is 1.42. The third-order valence-corrected chi connectivity index (χ3v) is 1.78. The van der Waals surface area contributed by atoms with Gasteiger partial charge in [0.25, 0.3) is 0 Å². The average molecular weight is 193 g/mol. The van der Waals surface area contributed by atoms with E-state index in [2.05, 4.69) is 4.98 Å². The van der Waals surface area contributed by atoms with Gasteiger partial charge in [-0.3, -0.25) is 0 Å². The highest BCUT2D eigenvalue weighted by atomic mass is 19.1. The maximum atomic E-state index is 12.8. The summed E-state index contributed by atoms with van der Waals surface area (Å²) in [6.45, 7) is -0.206. The van der Waals surface area contributed by atoms with Crippen LogP contribution < -0.4 is 0 Å². The molecule has 3 nitrogen and oxygen atoms in total. The SMILES string of the molecule is OCc1cnc(-c2cccc(F)c2)o1. The van der Waals surface area contributed by atoms with Gasteiger partial charge in [-0.25, -0.2) is 9.37 Å². The zero-order valence-corrected chi connectivity index (χ0v) is 7.27. The lowest BCUT2D eigenvalue weighted by molar-refractivity contribution is 0.248. The zero-order valence-electron chi connectivity index (χ0n) is 7.27. The summed E-state index contributed by atoms with van der Waals surface area (Å²) >= 11 is 0. The van der Waals surface area contributed by atoms with E-state index < -0.39 is 0 Å². The Labute approximate surface area is 79.8 Å². The van der Waals surface area contributed by atoms with E-state index in [9.17, 15) is 4.39 Å². The molecule has 1 N–H and O–H groups in total. The molecule has 0 spiro atoms. The van der Waals surface area contributed by atoms with E-state index in [1.807, 2.05) is 0 Å². The fraction of sp³-hybridized carbons (Fsp3) is 0.100. The van der Waals surface area contributed by atoms with Crippen molar-refractivity contribution in [2.45, 2.75) is 6.61 Å². The summed E-state index contributed by atoms with van der Waals surface area (Å²) in [5, 5.41) is 8.74. The number of hydrogen-bond donors (Lipinski definition) is 1. The van der Waals surface area contributed by atoms with Gasteiger partial charge in [0.15, 0.2) is 0 Å². The van der Waals surface area contributed by atoms with Crippen molar-refractivity contribution in [1.82, 2.24) is 4.98 Å². The largest absolute Gasteiger partial charge is 0.439 e. The minimum Gasteiger partial charge on any atom is -0.439 e. The molecule has 0 bridgehead atoms. The van der Waals surface area contributed by atoms with Crippen molar-refractivity contribution < 1.29 is 13.9 Å². The summed E-state index contributed by atoms with van der Waals surface area (Å²) in [5.74, 6) is 0.337. The molecule has 0 aliphatic carbocycles. The molecule has 0 saturated carbocycles. The van der Waals surface area contributed by atoms with Crippen LogP contribution in [-0.2, 0) is 6.61 Å². The summed E-state index contributed by atoms with van der Waals surface area (Å²) in [7, 11) is 0. The average Bonchev–Trinajstić information content (AvgIpc) is 2.66. The Morgan fingerprint density at radius 1 is 1.43 bits per heavy atom. The molecule has 0 radical (unpaired) electrons. The minimum atomic E-state index is -0.341. The Balaban J connectivity index is 2.39. The fourth-order valence-electron chi connectivity index (χ4n) is 1.14. The molecule has 2 aromatic rings. The number of benzene rings is 1. The lowest BCUT2D eigenvalue weighted by Gasteiger charge is -1.94. The molecule has 14 heavy (non-hydrogen) atoms. The van der Waals surface area contributed by atoms with Crippen LogP contribution in [0.25, 0.3) is 11.5 Å². The quantitative estimate of drug-likeness (QED) is 0.793. The Morgan fingerprint density at radius 2 is 2.29 bits per heavy atom. The number of aliphatic hydroxyl groups is 1. The van der Waals surface area contributed by atoms with Crippen molar-refractivity contribution in [1.29, 1.82) is 0 Å². The van der Waals surface area contributed by atoms with Crippen LogP contribution in [-0.4, -0.2) is 10.1 Å². The van der Waals surface area contributed by atoms with E-state index in [0.717, 1.165) is 0 Å². The van der Waals surface area contributed by atoms with E-state index in [1.165, 1.54) is 18.3 Å². The molecule has 1 aromatic carbocycles. The molecule has 0 aliphatic heterocycles. The number of rotatable bonds is 2. The van der Waals surface area contributed by atoms with Crippen LogP contribution in [0.5, 0.6) is 0 Å². The second kappa shape index (κ2) is 3.59. The molecule has 0 atom stereocenters. The van der Waals surface area contributed by atoms with Gasteiger partial charge < -0.3 is 9.52 Å². The smallest absolute Gasteiger partial charge is 0.226 e. The van der Waals surface area contributed by atoms with Gasteiger partial charge in [0.2, 0.25) is 5.89 Å². The van der Waals surface area contributed by atoms with Crippen LogP contribution in [0.4, 0.5) is 4.39 Å². The number of oxazole rings is 1. The van der Waals surface area contributed by atoms with Crippen molar-refractivity contribution in [2.24, 2.45) is 0 Å². The summed E-state index contributed by atoms with van der Waals surface area (Å²) < 4.78 is 18.0. The van der Waals surface area contributed by atoms with Gasteiger partial charge in [0, 0.05) is 5.56 Å². The number of halogens is 1. The molecule has 1 heterocycles. The molecule has 2 rings (SSSR count). The molecule has 72 valence electrons. The monoisotopic (exact) mass is 193 g/mol. The molecule has 0 saturated heterocycles. The van der Waals surface area contributed by atoms with E-state index >= 15 is 0 Å². The Hall–Kier alpha value is -1.68. The first-order valence-electron chi connectivity index (χ1n) is 4.11. The third kappa shape index (κ3) is 1.65. The Bertz CT molecular complexity index is 439. The van der Waals surface area contributed by atoms with Crippen molar-refractivity contribution >= 4 is 0 Å². The Morgan fingerprint density at radius 3 is 2.93 bits per heavy atom. The van der Waals surface area contributed by atoms with Gasteiger partial charge in [-0.2, -0.15) is 0 Å². The first-order chi connectivity index (χ1) is 6.79. The van der Waals surface area contributed by atoms with E-state index in [1.54, 1.807) is 12.1 Å². The van der Waals surface area contributed by atoms with Crippen LogP contribution in [0.3, 0.4) is 0 Å². The van der Waals surface area contributed by atoms with Crippen molar-refractivity contribution in [3.8, 4) is 11.5 Å². The highest BCUT2D eigenvalue weighted by Crippen LogP contribution is 2.19. The molecular weight excluding hydrogens is 185 g/mol. The van der Waals surface area contributed by atoms with Gasteiger partial charge in [-0.15, -0.1) is 0 Å². The predicted octanol–water partition coefficient (Wildman–Crippen LogP) is 1.97.